The third kappa shape index (κ3) is 1.45. The largest absolute Gasteiger partial charge is 0.322 e. The zero-order chi connectivity index (χ0) is 10.3. The van der Waals surface area contributed by atoms with Crippen LogP contribution in [0.15, 0.2) is 35.1 Å². The minimum absolute atomic E-state index is 0.0358. The van der Waals surface area contributed by atoms with Crippen molar-refractivity contribution in [2.75, 3.05) is 13.1 Å². The van der Waals surface area contributed by atoms with E-state index in [1.54, 1.807) is 6.07 Å². The molecule has 1 aromatic heterocycles. The number of nitrogens with one attached hydrogen (secondary N) is 2. The number of benzene rings is 1. The first-order valence-electron chi connectivity index (χ1n) is 5.17. The quantitative estimate of drug-likeness (QED) is 0.727. The molecule has 2 heterocycles. The molecule has 76 valence electrons. The predicted octanol–water partition coefficient (Wildman–Crippen LogP) is 1.21. The molecule has 2 aromatic rings. The number of aromatic amines is 1. The van der Waals surface area contributed by atoms with Gasteiger partial charge in [-0.15, -0.1) is 0 Å². The van der Waals surface area contributed by atoms with Gasteiger partial charge in [0.2, 0.25) is 5.56 Å². The summed E-state index contributed by atoms with van der Waals surface area (Å²) in [5.74, 6) is 0.609. The molecule has 0 bridgehead atoms. The molecule has 0 atom stereocenters. The van der Waals surface area contributed by atoms with Gasteiger partial charge in [0.15, 0.2) is 0 Å². The Labute approximate surface area is 87.1 Å². The van der Waals surface area contributed by atoms with Crippen molar-refractivity contribution in [2.45, 2.75) is 5.92 Å². The molecule has 3 nitrogen and oxygen atoms in total. The zero-order valence-corrected chi connectivity index (χ0v) is 8.29. The number of fused-ring (bicyclic) bond motifs is 1. The Morgan fingerprint density at radius 1 is 1.13 bits per heavy atom. The molecule has 3 heteroatoms. The van der Waals surface area contributed by atoms with E-state index < -0.39 is 0 Å². The minimum atomic E-state index is -0.0358. The van der Waals surface area contributed by atoms with E-state index in [0.717, 1.165) is 24.0 Å². The zero-order valence-electron chi connectivity index (χ0n) is 8.29. The van der Waals surface area contributed by atoms with Gasteiger partial charge in [0, 0.05) is 30.6 Å². The highest BCUT2D eigenvalue weighted by atomic mass is 16.1. The van der Waals surface area contributed by atoms with Gasteiger partial charge in [-0.05, 0) is 23.1 Å². The molecule has 1 aliphatic rings. The summed E-state index contributed by atoms with van der Waals surface area (Å²) in [4.78, 5) is 14.0. The van der Waals surface area contributed by atoms with Crippen LogP contribution in [0.4, 0.5) is 0 Å². The molecule has 3 rings (SSSR count). The van der Waals surface area contributed by atoms with Crippen LogP contribution in [0.1, 0.15) is 11.5 Å². The van der Waals surface area contributed by atoms with Gasteiger partial charge in [-0.1, -0.05) is 12.1 Å². The summed E-state index contributed by atoms with van der Waals surface area (Å²) in [5, 5.41) is 4.34. The maximum atomic E-state index is 11.2. The van der Waals surface area contributed by atoms with Crippen molar-refractivity contribution < 1.29 is 0 Å². The lowest BCUT2D eigenvalue weighted by molar-refractivity contribution is 0.448. The minimum Gasteiger partial charge on any atom is -0.322 e. The lowest BCUT2D eigenvalue weighted by Gasteiger charge is -2.27. The van der Waals surface area contributed by atoms with Crippen LogP contribution in [0.5, 0.6) is 0 Å². The van der Waals surface area contributed by atoms with Gasteiger partial charge in [-0.3, -0.25) is 4.79 Å². The third-order valence-corrected chi connectivity index (χ3v) is 3.00. The van der Waals surface area contributed by atoms with E-state index in [2.05, 4.69) is 28.5 Å². The van der Waals surface area contributed by atoms with Gasteiger partial charge < -0.3 is 10.3 Å². The molecular formula is C12H12N2O. The van der Waals surface area contributed by atoms with Crippen LogP contribution in [0.2, 0.25) is 0 Å². The summed E-state index contributed by atoms with van der Waals surface area (Å²) in [5.41, 5.74) is 2.21. The lowest BCUT2D eigenvalue weighted by Crippen LogP contribution is -2.39. The van der Waals surface area contributed by atoms with Gasteiger partial charge in [0.25, 0.3) is 0 Å². The molecule has 0 unspecified atom stereocenters. The molecular weight excluding hydrogens is 188 g/mol. The van der Waals surface area contributed by atoms with Crippen molar-refractivity contribution in [3.8, 4) is 0 Å². The van der Waals surface area contributed by atoms with Crippen molar-refractivity contribution >= 4 is 10.9 Å². The van der Waals surface area contributed by atoms with E-state index >= 15 is 0 Å². The standard InChI is InChI=1S/C12H12N2O/c15-12-4-3-8-1-2-9(5-11(8)14-12)10-6-13-7-10/h1-5,10,13H,6-7H2,(H,14,15). The van der Waals surface area contributed by atoms with Crippen molar-refractivity contribution in [2.24, 2.45) is 0 Å². The highest BCUT2D eigenvalue weighted by Crippen LogP contribution is 2.22. The second-order valence-corrected chi connectivity index (χ2v) is 4.02. The van der Waals surface area contributed by atoms with Gasteiger partial charge in [-0.2, -0.15) is 0 Å². The van der Waals surface area contributed by atoms with E-state index in [9.17, 15) is 4.79 Å². The predicted molar refractivity (Wildman–Crippen MR) is 60.2 cm³/mol. The Hall–Kier alpha value is -1.61. The summed E-state index contributed by atoms with van der Waals surface area (Å²) < 4.78 is 0. The van der Waals surface area contributed by atoms with Gasteiger partial charge in [-0.25, -0.2) is 0 Å². The van der Waals surface area contributed by atoms with Crippen molar-refractivity contribution in [1.82, 2.24) is 10.3 Å². The highest BCUT2D eigenvalue weighted by molar-refractivity contribution is 5.79. The summed E-state index contributed by atoms with van der Waals surface area (Å²) in [6, 6.07) is 9.72. The molecule has 15 heavy (non-hydrogen) atoms. The maximum absolute atomic E-state index is 11.2. The molecule has 0 spiro atoms. The van der Waals surface area contributed by atoms with Gasteiger partial charge in [0.1, 0.15) is 0 Å². The van der Waals surface area contributed by atoms with Crippen LogP contribution in [0, 0.1) is 0 Å². The first-order valence-corrected chi connectivity index (χ1v) is 5.17. The molecule has 0 amide bonds. The number of pyridine rings is 1. The molecule has 2 N–H and O–H groups in total. The SMILES string of the molecule is O=c1ccc2ccc(C3CNC3)cc2[nH]1. The average molecular weight is 200 g/mol. The van der Waals surface area contributed by atoms with Crippen LogP contribution >= 0.6 is 0 Å². The van der Waals surface area contributed by atoms with Crippen LogP contribution in [-0.2, 0) is 0 Å². The highest BCUT2D eigenvalue weighted by Gasteiger charge is 2.18. The van der Waals surface area contributed by atoms with E-state index in [-0.39, 0.29) is 5.56 Å². The van der Waals surface area contributed by atoms with Gasteiger partial charge >= 0.3 is 0 Å². The van der Waals surface area contributed by atoms with Crippen molar-refractivity contribution in [1.29, 1.82) is 0 Å². The Morgan fingerprint density at radius 2 is 1.93 bits per heavy atom. The normalized spacial score (nSPS) is 16.5. The first kappa shape index (κ1) is 8.68. The second-order valence-electron chi connectivity index (χ2n) is 4.02. The Balaban J connectivity index is 2.15. The molecule has 0 radical (unpaired) electrons. The first-order chi connectivity index (χ1) is 7.33. The second kappa shape index (κ2) is 3.21. The number of H-pyrrole nitrogens is 1. The van der Waals surface area contributed by atoms with E-state index in [1.807, 2.05) is 6.07 Å². The summed E-state index contributed by atoms with van der Waals surface area (Å²) in [7, 11) is 0. The summed E-state index contributed by atoms with van der Waals surface area (Å²) >= 11 is 0. The van der Waals surface area contributed by atoms with Crippen molar-refractivity contribution in [3.05, 3.63) is 46.2 Å². The smallest absolute Gasteiger partial charge is 0.248 e. The maximum Gasteiger partial charge on any atom is 0.248 e. The Bertz CT molecular complexity index is 555. The van der Waals surface area contributed by atoms with Crippen LogP contribution in [0.3, 0.4) is 0 Å². The van der Waals surface area contributed by atoms with E-state index in [1.165, 1.54) is 5.56 Å². The van der Waals surface area contributed by atoms with E-state index in [4.69, 9.17) is 0 Å². The fourth-order valence-corrected chi connectivity index (χ4v) is 1.95. The molecule has 1 fully saturated rings. The van der Waals surface area contributed by atoms with Crippen molar-refractivity contribution in [3.63, 3.8) is 0 Å². The van der Waals surface area contributed by atoms with Gasteiger partial charge in [0.05, 0.1) is 0 Å². The molecule has 1 aromatic carbocycles. The van der Waals surface area contributed by atoms with Crippen LogP contribution < -0.4 is 10.9 Å². The van der Waals surface area contributed by atoms with Crippen LogP contribution in [-0.4, -0.2) is 18.1 Å². The molecule has 1 saturated heterocycles. The number of hydrogen-bond acceptors (Lipinski definition) is 2. The Morgan fingerprint density at radius 3 is 2.67 bits per heavy atom. The topological polar surface area (TPSA) is 44.9 Å². The number of rotatable bonds is 1. The number of aromatic nitrogens is 1. The monoisotopic (exact) mass is 200 g/mol. The summed E-state index contributed by atoms with van der Waals surface area (Å²) in [6.07, 6.45) is 0. The third-order valence-electron chi connectivity index (χ3n) is 3.00. The fourth-order valence-electron chi connectivity index (χ4n) is 1.95. The Kier molecular flexibility index (Phi) is 1.86. The van der Waals surface area contributed by atoms with Crippen LogP contribution in [0.25, 0.3) is 10.9 Å². The fraction of sp³-hybridized carbons (Fsp3) is 0.250. The molecule has 1 aliphatic heterocycles. The summed E-state index contributed by atoms with van der Waals surface area (Å²) in [6.45, 7) is 2.09. The average Bonchev–Trinajstić information content (AvgIpc) is 2.14. The molecule has 0 saturated carbocycles. The lowest BCUT2D eigenvalue weighted by atomic mass is 9.93. The number of hydrogen-bond donors (Lipinski definition) is 2. The molecule has 0 aliphatic carbocycles. The van der Waals surface area contributed by atoms with E-state index in [0.29, 0.717) is 5.92 Å².